The largest absolute Gasteiger partial charge is 0.489 e. The van der Waals surface area contributed by atoms with Crippen molar-refractivity contribution in [2.75, 3.05) is 6.54 Å². The van der Waals surface area contributed by atoms with Gasteiger partial charge in [-0.05, 0) is 51.0 Å². The molecule has 2 atom stereocenters. The van der Waals surface area contributed by atoms with Crippen LogP contribution in [0.25, 0.3) is 0 Å². The van der Waals surface area contributed by atoms with Crippen molar-refractivity contribution in [3.63, 3.8) is 0 Å². The lowest BCUT2D eigenvalue weighted by molar-refractivity contribution is 0.210. The standard InChI is InChI=1S/C14H22ClNO/c1-5-11(3)16-9-12(4)17-14-7-6-13(15)8-10(14)2/h6-8,11-12,16H,5,9H2,1-4H3. The first-order valence-corrected chi connectivity index (χ1v) is 6.57. The molecule has 0 amide bonds. The van der Waals surface area contributed by atoms with E-state index in [1.807, 2.05) is 25.1 Å². The van der Waals surface area contributed by atoms with Crippen LogP contribution in [0.2, 0.25) is 5.02 Å². The fourth-order valence-corrected chi connectivity index (χ4v) is 1.74. The zero-order valence-corrected chi connectivity index (χ0v) is 11.8. The van der Waals surface area contributed by atoms with Gasteiger partial charge in [0.1, 0.15) is 11.9 Å². The van der Waals surface area contributed by atoms with Crippen LogP contribution in [-0.4, -0.2) is 18.7 Å². The van der Waals surface area contributed by atoms with Gasteiger partial charge in [-0.1, -0.05) is 18.5 Å². The van der Waals surface area contributed by atoms with E-state index in [4.69, 9.17) is 16.3 Å². The van der Waals surface area contributed by atoms with Crippen molar-refractivity contribution in [1.82, 2.24) is 5.32 Å². The highest BCUT2D eigenvalue weighted by Gasteiger charge is 2.07. The molecule has 0 saturated heterocycles. The molecule has 0 aliphatic carbocycles. The number of rotatable bonds is 6. The van der Waals surface area contributed by atoms with E-state index in [1.165, 1.54) is 0 Å². The van der Waals surface area contributed by atoms with E-state index in [0.717, 1.165) is 29.3 Å². The molecule has 1 rings (SSSR count). The number of hydrogen-bond donors (Lipinski definition) is 1. The highest BCUT2D eigenvalue weighted by molar-refractivity contribution is 6.30. The monoisotopic (exact) mass is 255 g/mol. The molecule has 0 bridgehead atoms. The molecule has 0 heterocycles. The number of halogens is 1. The molecule has 0 spiro atoms. The molecule has 17 heavy (non-hydrogen) atoms. The molecule has 0 aromatic heterocycles. The lowest BCUT2D eigenvalue weighted by atomic mass is 10.2. The first kappa shape index (κ1) is 14.3. The molecule has 0 aliphatic rings. The molecule has 2 unspecified atom stereocenters. The molecule has 0 aliphatic heterocycles. The lowest BCUT2D eigenvalue weighted by Gasteiger charge is -2.19. The van der Waals surface area contributed by atoms with E-state index in [2.05, 4.69) is 26.1 Å². The van der Waals surface area contributed by atoms with E-state index in [-0.39, 0.29) is 6.10 Å². The molecular formula is C14H22ClNO. The van der Waals surface area contributed by atoms with Crippen molar-refractivity contribution in [1.29, 1.82) is 0 Å². The fraction of sp³-hybridized carbons (Fsp3) is 0.571. The van der Waals surface area contributed by atoms with Crippen LogP contribution < -0.4 is 10.1 Å². The number of benzene rings is 1. The van der Waals surface area contributed by atoms with Crippen molar-refractivity contribution < 1.29 is 4.74 Å². The number of aryl methyl sites for hydroxylation is 1. The highest BCUT2D eigenvalue weighted by Crippen LogP contribution is 2.22. The Morgan fingerprint density at radius 1 is 1.35 bits per heavy atom. The Morgan fingerprint density at radius 2 is 2.06 bits per heavy atom. The summed E-state index contributed by atoms with van der Waals surface area (Å²) in [6.07, 6.45) is 1.29. The number of nitrogens with one attached hydrogen (secondary N) is 1. The maximum Gasteiger partial charge on any atom is 0.122 e. The third kappa shape index (κ3) is 4.97. The molecule has 96 valence electrons. The number of hydrogen-bond acceptors (Lipinski definition) is 2. The SMILES string of the molecule is CCC(C)NCC(C)Oc1ccc(Cl)cc1C. The Balaban J connectivity index is 2.47. The van der Waals surface area contributed by atoms with Crippen molar-refractivity contribution in [3.8, 4) is 5.75 Å². The predicted molar refractivity (Wildman–Crippen MR) is 74.0 cm³/mol. The normalized spacial score (nSPS) is 14.4. The van der Waals surface area contributed by atoms with Crippen LogP contribution in [0.1, 0.15) is 32.8 Å². The second kappa shape index (κ2) is 6.87. The minimum atomic E-state index is 0.156. The van der Waals surface area contributed by atoms with Gasteiger partial charge >= 0.3 is 0 Å². The first-order chi connectivity index (χ1) is 8.02. The van der Waals surface area contributed by atoms with Gasteiger partial charge in [0.25, 0.3) is 0 Å². The molecule has 3 heteroatoms. The average molecular weight is 256 g/mol. The topological polar surface area (TPSA) is 21.3 Å². The van der Waals surface area contributed by atoms with Gasteiger partial charge in [-0.25, -0.2) is 0 Å². The Labute approximate surface area is 109 Å². The van der Waals surface area contributed by atoms with E-state index in [0.29, 0.717) is 6.04 Å². The Bertz CT molecular complexity index is 354. The van der Waals surface area contributed by atoms with Gasteiger partial charge in [-0.3, -0.25) is 0 Å². The van der Waals surface area contributed by atoms with Crippen LogP contribution in [0.5, 0.6) is 5.75 Å². The minimum absolute atomic E-state index is 0.156. The van der Waals surface area contributed by atoms with Gasteiger partial charge in [0.05, 0.1) is 0 Å². The summed E-state index contributed by atoms with van der Waals surface area (Å²) in [5.41, 5.74) is 1.08. The van der Waals surface area contributed by atoms with Crippen LogP contribution in [0.4, 0.5) is 0 Å². The summed E-state index contributed by atoms with van der Waals surface area (Å²) < 4.78 is 5.87. The molecule has 0 saturated carbocycles. The molecule has 0 radical (unpaired) electrons. The van der Waals surface area contributed by atoms with Crippen molar-refractivity contribution in [2.24, 2.45) is 0 Å². The van der Waals surface area contributed by atoms with Crippen molar-refractivity contribution in [3.05, 3.63) is 28.8 Å². The molecule has 1 aromatic carbocycles. The van der Waals surface area contributed by atoms with Gasteiger partial charge in [-0.2, -0.15) is 0 Å². The van der Waals surface area contributed by atoms with Gasteiger partial charge in [0.15, 0.2) is 0 Å². The Kier molecular flexibility index (Phi) is 5.79. The summed E-state index contributed by atoms with van der Waals surface area (Å²) >= 11 is 5.91. The maximum atomic E-state index is 5.91. The third-order valence-corrected chi connectivity index (χ3v) is 3.07. The third-order valence-electron chi connectivity index (χ3n) is 2.83. The van der Waals surface area contributed by atoms with Crippen LogP contribution in [0, 0.1) is 6.92 Å². The maximum absolute atomic E-state index is 5.91. The second-order valence-electron chi connectivity index (χ2n) is 4.56. The zero-order valence-electron chi connectivity index (χ0n) is 11.1. The van der Waals surface area contributed by atoms with Gasteiger partial charge < -0.3 is 10.1 Å². The Hall–Kier alpha value is -0.730. The lowest BCUT2D eigenvalue weighted by Crippen LogP contribution is -2.34. The minimum Gasteiger partial charge on any atom is -0.489 e. The van der Waals surface area contributed by atoms with Crippen LogP contribution in [0.3, 0.4) is 0 Å². The summed E-state index contributed by atoms with van der Waals surface area (Å²) in [5.74, 6) is 0.910. The van der Waals surface area contributed by atoms with E-state index in [1.54, 1.807) is 0 Å². The first-order valence-electron chi connectivity index (χ1n) is 6.19. The zero-order chi connectivity index (χ0) is 12.8. The average Bonchev–Trinajstić information content (AvgIpc) is 2.29. The van der Waals surface area contributed by atoms with E-state index in [9.17, 15) is 0 Å². The molecule has 1 N–H and O–H groups in total. The molecule has 1 aromatic rings. The summed E-state index contributed by atoms with van der Waals surface area (Å²) in [7, 11) is 0. The molecule has 0 fully saturated rings. The fourth-order valence-electron chi connectivity index (χ4n) is 1.51. The summed E-state index contributed by atoms with van der Waals surface area (Å²) in [6.45, 7) is 9.29. The van der Waals surface area contributed by atoms with Crippen molar-refractivity contribution in [2.45, 2.75) is 46.3 Å². The number of ether oxygens (including phenoxy) is 1. The molecule has 2 nitrogen and oxygen atoms in total. The van der Waals surface area contributed by atoms with Gasteiger partial charge in [-0.15, -0.1) is 0 Å². The quantitative estimate of drug-likeness (QED) is 0.835. The van der Waals surface area contributed by atoms with Crippen LogP contribution >= 0.6 is 11.6 Å². The van der Waals surface area contributed by atoms with Crippen LogP contribution in [-0.2, 0) is 0 Å². The summed E-state index contributed by atoms with van der Waals surface area (Å²) in [4.78, 5) is 0. The predicted octanol–water partition coefficient (Wildman–Crippen LogP) is 3.80. The van der Waals surface area contributed by atoms with Gasteiger partial charge in [0, 0.05) is 17.6 Å². The van der Waals surface area contributed by atoms with E-state index < -0.39 is 0 Å². The smallest absolute Gasteiger partial charge is 0.122 e. The van der Waals surface area contributed by atoms with Crippen molar-refractivity contribution >= 4 is 11.6 Å². The molecular weight excluding hydrogens is 234 g/mol. The summed E-state index contributed by atoms with van der Waals surface area (Å²) in [6, 6.07) is 6.24. The Morgan fingerprint density at radius 3 is 2.65 bits per heavy atom. The van der Waals surface area contributed by atoms with E-state index >= 15 is 0 Å². The second-order valence-corrected chi connectivity index (χ2v) is 4.99. The summed E-state index contributed by atoms with van der Waals surface area (Å²) in [5, 5.41) is 4.18. The van der Waals surface area contributed by atoms with Crippen LogP contribution in [0.15, 0.2) is 18.2 Å². The van der Waals surface area contributed by atoms with Gasteiger partial charge in [0.2, 0.25) is 0 Å². The highest BCUT2D eigenvalue weighted by atomic mass is 35.5.